The van der Waals surface area contributed by atoms with Gasteiger partial charge < -0.3 is 0 Å². The van der Waals surface area contributed by atoms with E-state index < -0.39 is 0 Å². The molecule has 0 heterocycles. The van der Waals surface area contributed by atoms with Crippen molar-refractivity contribution in [3.05, 3.63) is 41.0 Å². The van der Waals surface area contributed by atoms with Crippen LogP contribution in [0.1, 0.15) is 23.1 Å². The molecule has 0 amide bonds. The van der Waals surface area contributed by atoms with Crippen LogP contribution in [0.2, 0.25) is 0 Å². The minimum absolute atomic E-state index is 1.01. The zero-order chi connectivity index (χ0) is 9.26. The summed E-state index contributed by atoms with van der Waals surface area (Å²) in [6.45, 7) is 2.09. The van der Waals surface area contributed by atoms with Gasteiger partial charge in [0.1, 0.15) is 0 Å². The molecule has 0 nitrogen and oxygen atoms in total. The number of rotatable bonds is 0. The average molecular weight is 188 g/mol. The second kappa shape index (κ2) is 3.43. The molecular weight excluding hydrogens is 176 g/mol. The van der Waals surface area contributed by atoms with Crippen molar-refractivity contribution in [1.29, 1.82) is 0 Å². The third-order valence-electron chi connectivity index (χ3n) is 2.31. The molecule has 1 aliphatic carbocycles. The Bertz CT molecular complexity index is 386. The van der Waals surface area contributed by atoms with E-state index in [2.05, 4.69) is 56.0 Å². The normalized spacial score (nSPS) is 14.0. The molecule has 0 saturated heterocycles. The molecule has 66 valence electrons. The van der Waals surface area contributed by atoms with Gasteiger partial charge in [-0.15, -0.1) is 12.6 Å². The number of aryl methyl sites for hydroxylation is 1. The molecule has 0 unspecified atom stereocenters. The first-order valence-corrected chi connectivity index (χ1v) is 4.89. The van der Waals surface area contributed by atoms with Crippen LogP contribution >= 0.6 is 12.6 Å². The van der Waals surface area contributed by atoms with E-state index in [1.165, 1.54) is 16.7 Å². The van der Waals surface area contributed by atoms with Crippen molar-refractivity contribution in [2.45, 2.75) is 18.2 Å². The maximum atomic E-state index is 4.51. The van der Waals surface area contributed by atoms with Crippen LogP contribution in [-0.4, -0.2) is 0 Å². The van der Waals surface area contributed by atoms with Crippen molar-refractivity contribution < 1.29 is 0 Å². The maximum Gasteiger partial charge on any atom is 0.0148 e. The number of fused-ring (bicyclic) bond motifs is 1. The highest BCUT2D eigenvalue weighted by atomic mass is 32.1. The molecule has 0 saturated carbocycles. The van der Waals surface area contributed by atoms with Gasteiger partial charge >= 0.3 is 0 Å². The first-order valence-electron chi connectivity index (χ1n) is 4.44. The number of hydrogen-bond donors (Lipinski definition) is 1. The van der Waals surface area contributed by atoms with Crippen LogP contribution in [0, 0.1) is 6.92 Å². The zero-order valence-electron chi connectivity index (χ0n) is 7.62. The Kier molecular flexibility index (Phi) is 2.28. The lowest BCUT2D eigenvalue weighted by Crippen LogP contribution is -1.86. The van der Waals surface area contributed by atoms with Gasteiger partial charge in [0.15, 0.2) is 0 Å². The summed E-state index contributed by atoms with van der Waals surface area (Å²) in [5, 5.41) is 0. The molecule has 2 rings (SSSR count). The van der Waals surface area contributed by atoms with Crippen LogP contribution in [0.5, 0.6) is 0 Å². The lowest BCUT2D eigenvalue weighted by atomic mass is 10.0. The van der Waals surface area contributed by atoms with Crippen molar-refractivity contribution in [1.82, 2.24) is 0 Å². The molecule has 0 radical (unpaired) electrons. The molecule has 0 bridgehead atoms. The van der Waals surface area contributed by atoms with E-state index in [9.17, 15) is 0 Å². The number of thiol groups is 1. The summed E-state index contributed by atoms with van der Waals surface area (Å²) in [7, 11) is 0. The molecule has 0 fully saturated rings. The number of allylic oxidation sites excluding steroid dienone is 2. The van der Waals surface area contributed by atoms with Gasteiger partial charge in [0.25, 0.3) is 0 Å². The van der Waals surface area contributed by atoms with Gasteiger partial charge in [0, 0.05) is 4.90 Å². The van der Waals surface area contributed by atoms with E-state index in [1.54, 1.807) is 0 Å². The van der Waals surface area contributed by atoms with E-state index in [1.807, 2.05) is 0 Å². The van der Waals surface area contributed by atoms with Crippen LogP contribution in [0.4, 0.5) is 0 Å². The van der Waals surface area contributed by atoms with E-state index in [0.29, 0.717) is 0 Å². The predicted octanol–water partition coefficient (Wildman–Crippen LogP) is 3.71. The molecule has 1 aromatic carbocycles. The van der Waals surface area contributed by atoms with Crippen molar-refractivity contribution in [3.63, 3.8) is 0 Å². The van der Waals surface area contributed by atoms with E-state index in [-0.39, 0.29) is 0 Å². The van der Waals surface area contributed by atoms with Gasteiger partial charge in [-0.1, -0.05) is 36.4 Å². The highest BCUT2D eigenvalue weighted by Crippen LogP contribution is 2.26. The lowest BCUT2D eigenvalue weighted by Gasteiger charge is -2.06. The van der Waals surface area contributed by atoms with E-state index >= 15 is 0 Å². The summed E-state index contributed by atoms with van der Waals surface area (Å²) in [5.74, 6) is 0. The van der Waals surface area contributed by atoms with Crippen LogP contribution in [0.3, 0.4) is 0 Å². The molecule has 0 aliphatic heterocycles. The highest BCUT2D eigenvalue weighted by Gasteiger charge is 2.04. The van der Waals surface area contributed by atoms with Crippen LogP contribution < -0.4 is 0 Å². The minimum atomic E-state index is 1.01. The van der Waals surface area contributed by atoms with Crippen molar-refractivity contribution >= 4 is 24.8 Å². The standard InChI is InChI=1S/C12H12S/c1-9-7-8-10-5-3-2-4-6-11(10)12(9)13/h3-8,13H,2H2,1H3. The SMILES string of the molecule is Cc1ccc2c(c1S)C=CCC=C2. The third-order valence-corrected chi connectivity index (χ3v) is 2.90. The molecule has 0 aromatic heterocycles. The summed E-state index contributed by atoms with van der Waals surface area (Å²) in [5.41, 5.74) is 3.75. The molecule has 1 aromatic rings. The fourth-order valence-electron chi connectivity index (χ4n) is 1.51. The van der Waals surface area contributed by atoms with E-state index in [0.717, 1.165) is 11.3 Å². The highest BCUT2D eigenvalue weighted by molar-refractivity contribution is 7.80. The molecule has 0 N–H and O–H groups in total. The smallest absolute Gasteiger partial charge is 0.0148 e. The molecule has 1 heteroatoms. The largest absolute Gasteiger partial charge is 0.143 e. The van der Waals surface area contributed by atoms with Gasteiger partial charge in [-0.3, -0.25) is 0 Å². The van der Waals surface area contributed by atoms with Gasteiger partial charge in [-0.2, -0.15) is 0 Å². The first-order chi connectivity index (χ1) is 6.29. The Morgan fingerprint density at radius 2 is 1.92 bits per heavy atom. The predicted molar refractivity (Wildman–Crippen MR) is 61.1 cm³/mol. The van der Waals surface area contributed by atoms with E-state index in [4.69, 9.17) is 0 Å². The Hall–Kier alpha value is -0.950. The molecule has 0 atom stereocenters. The summed E-state index contributed by atoms with van der Waals surface area (Å²) >= 11 is 4.51. The molecule has 0 spiro atoms. The number of benzene rings is 1. The first kappa shape index (κ1) is 8.64. The Balaban J connectivity index is 2.68. The summed E-state index contributed by atoms with van der Waals surface area (Å²) in [6, 6.07) is 4.27. The van der Waals surface area contributed by atoms with Crippen LogP contribution in [0.25, 0.3) is 12.2 Å². The fraction of sp³-hybridized carbons (Fsp3) is 0.167. The van der Waals surface area contributed by atoms with Crippen molar-refractivity contribution in [3.8, 4) is 0 Å². The maximum absolute atomic E-state index is 4.51. The minimum Gasteiger partial charge on any atom is -0.143 e. The zero-order valence-corrected chi connectivity index (χ0v) is 8.51. The van der Waals surface area contributed by atoms with Crippen molar-refractivity contribution in [2.24, 2.45) is 0 Å². The summed E-state index contributed by atoms with van der Waals surface area (Å²) in [4.78, 5) is 1.10. The topological polar surface area (TPSA) is 0 Å². The Labute approximate surface area is 84.4 Å². The van der Waals surface area contributed by atoms with Crippen molar-refractivity contribution in [2.75, 3.05) is 0 Å². The second-order valence-electron chi connectivity index (χ2n) is 3.27. The van der Waals surface area contributed by atoms with Crippen LogP contribution in [-0.2, 0) is 0 Å². The molecular formula is C12H12S. The fourth-order valence-corrected chi connectivity index (χ4v) is 1.79. The quantitative estimate of drug-likeness (QED) is 0.589. The summed E-state index contributed by atoms with van der Waals surface area (Å²) < 4.78 is 0. The summed E-state index contributed by atoms with van der Waals surface area (Å²) in [6.07, 6.45) is 9.67. The Morgan fingerprint density at radius 1 is 1.15 bits per heavy atom. The molecule has 1 aliphatic rings. The second-order valence-corrected chi connectivity index (χ2v) is 3.72. The number of hydrogen-bond acceptors (Lipinski definition) is 1. The average Bonchev–Trinajstić information content (AvgIpc) is 2.36. The van der Waals surface area contributed by atoms with Gasteiger partial charge in [-0.25, -0.2) is 0 Å². The third kappa shape index (κ3) is 1.56. The van der Waals surface area contributed by atoms with Gasteiger partial charge in [0.2, 0.25) is 0 Å². The van der Waals surface area contributed by atoms with Gasteiger partial charge in [-0.05, 0) is 30.0 Å². The molecule has 13 heavy (non-hydrogen) atoms. The monoisotopic (exact) mass is 188 g/mol. The Morgan fingerprint density at radius 3 is 2.77 bits per heavy atom. The van der Waals surface area contributed by atoms with Gasteiger partial charge in [0.05, 0.1) is 0 Å². The lowest BCUT2D eigenvalue weighted by molar-refractivity contribution is 1.28. The van der Waals surface area contributed by atoms with Crippen LogP contribution in [0.15, 0.2) is 29.2 Å².